The number of methoxy groups -OCH3 is 1. The maximum Gasteiger partial charge on any atom is 0.222 e. The number of amides is 1. The van der Waals surface area contributed by atoms with E-state index in [2.05, 4.69) is 5.32 Å². The summed E-state index contributed by atoms with van der Waals surface area (Å²) in [5, 5.41) is 4.57. The Balaban J connectivity index is 1.51. The van der Waals surface area contributed by atoms with E-state index in [1.54, 1.807) is 7.11 Å². The third-order valence-corrected chi connectivity index (χ3v) is 5.36. The van der Waals surface area contributed by atoms with Crippen molar-refractivity contribution in [2.24, 2.45) is 0 Å². The Bertz CT molecular complexity index is 845. The highest BCUT2D eigenvalue weighted by molar-refractivity contribution is 6.32. The number of carbonyl (C=O) groups excluding carboxylic acids is 1. The van der Waals surface area contributed by atoms with Crippen LogP contribution in [-0.2, 0) is 17.9 Å². The Kier molecular flexibility index (Phi) is 8.04. The average molecular weight is 437 g/mol. The van der Waals surface area contributed by atoms with Gasteiger partial charge in [-0.1, -0.05) is 35.3 Å². The lowest BCUT2D eigenvalue weighted by Gasteiger charge is -2.16. The SMILES string of the molecule is COc1cc(CNCCCN2CCCC2=O)cc(Cl)c1OCc1cccc(Cl)c1. The van der Waals surface area contributed by atoms with E-state index in [0.717, 1.165) is 43.6 Å². The van der Waals surface area contributed by atoms with Gasteiger partial charge in [0.25, 0.3) is 0 Å². The molecule has 1 saturated heterocycles. The molecule has 1 fully saturated rings. The van der Waals surface area contributed by atoms with E-state index in [1.807, 2.05) is 41.3 Å². The molecule has 29 heavy (non-hydrogen) atoms. The number of benzene rings is 2. The topological polar surface area (TPSA) is 50.8 Å². The molecular formula is C22H26Cl2N2O3. The van der Waals surface area contributed by atoms with Crippen molar-refractivity contribution in [3.8, 4) is 11.5 Å². The third kappa shape index (κ3) is 6.26. The molecule has 1 amide bonds. The molecule has 0 aliphatic carbocycles. The third-order valence-electron chi connectivity index (χ3n) is 4.84. The average Bonchev–Trinajstić information content (AvgIpc) is 3.11. The molecule has 156 valence electrons. The van der Waals surface area contributed by atoms with Gasteiger partial charge in [0.2, 0.25) is 5.91 Å². The van der Waals surface area contributed by atoms with Gasteiger partial charge >= 0.3 is 0 Å². The minimum Gasteiger partial charge on any atom is -0.493 e. The van der Waals surface area contributed by atoms with Crippen molar-refractivity contribution in [2.45, 2.75) is 32.4 Å². The van der Waals surface area contributed by atoms with E-state index in [9.17, 15) is 4.79 Å². The van der Waals surface area contributed by atoms with Crippen molar-refractivity contribution in [3.63, 3.8) is 0 Å². The monoisotopic (exact) mass is 436 g/mol. The first-order chi connectivity index (χ1) is 14.1. The van der Waals surface area contributed by atoms with Crippen LogP contribution in [0.25, 0.3) is 0 Å². The van der Waals surface area contributed by atoms with Gasteiger partial charge in [-0.15, -0.1) is 0 Å². The van der Waals surface area contributed by atoms with E-state index in [-0.39, 0.29) is 5.91 Å². The molecule has 0 radical (unpaired) electrons. The molecule has 7 heteroatoms. The molecule has 1 aliphatic heterocycles. The van der Waals surface area contributed by atoms with Crippen molar-refractivity contribution in [1.29, 1.82) is 0 Å². The predicted octanol–water partition coefficient (Wildman–Crippen LogP) is 4.68. The van der Waals surface area contributed by atoms with Crippen LogP contribution in [-0.4, -0.2) is 37.6 Å². The molecule has 0 atom stereocenters. The standard InChI is InChI=1S/C22H26Cl2N2O3/c1-28-20-13-17(14-25-8-4-10-26-9-3-7-21(26)27)12-19(24)22(20)29-15-16-5-2-6-18(23)11-16/h2,5-6,11-13,25H,3-4,7-10,14-15H2,1H3. The molecule has 0 bridgehead atoms. The maximum absolute atomic E-state index is 11.6. The van der Waals surface area contributed by atoms with Crippen LogP contribution in [0.4, 0.5) is 0 Å². The van der Waals surface area contributed by atoms with Crippen LogP contribution in [0, 0.1) is 0 Å². The highest BCUT2D eigenvalue weighted by Crippen LogP contribution is 2.37. The Hall–Kier alpha value is -1.95. The van der Waals surface area contributed by atoms with Gasteiger partial charge in [-0.05, 0) is 54.8 Å². The number of halogens is 2. The van der Waals surface area contributed by atoms with Crippen molar-refractivity contribution in [3.05, 3.63) is 57.6 Å². The van der Waals surface area contributed by atoms with E-state index >= 15 is 0 Å². The first-order valence-corrected chi connectivity index (χ1v) is 10.5. The highest BCUT2D eigenvalue weighted by atomic mass is 35.5. The summed E-state index contributed by atoms with van der Waals surface area (Å²) in [4.78, 5) is 13.6. The summed E-state index contributed by atoms with van der Waals surface area (Å²) in [6.45, 7) is 3.55. The second-order valence-corrected chi connectivity index (χ2v) is 7.89. The summed E-state index contributed by atoms with van der Waals surface area (Å²) in [7, 11) is 1.60. The summed E-state index contributed by atoms with van der Waals surface area (Å²) in [6.07, 6.45) is 2.60. The number of hydrogen-bond donors (Lipinski definition) is 1. The van der Waals surface area contributed by atoms with Crippen molar-refractivity contribution in [1.82, 2.24) is 10.2 Å². The highest BCUT2D eigenvalue weighted by Gasteiger charge is 2.19. The molecule has 1 N–H and O–H groups in total. The number of nitrogens with one attached hydrogen (secondary N) is 1. The lowest BCUT2D eigenvalue weighted by Crippen LogP contribution is -2.28. The van der Waals surface area contributed by atoms with Gasteiger partial charge in [0, 0.05) is 31.1 Å². The van der Waals surface area contributed by atoms with E-state index in [0.29, 0.717) is 41.1 Å². The molecule has 0 saturated carbocycles. The Labute approximate surface area is 181 Å². The summed E-state index contributed by atoms with van der Waals surface area (Å²) in [5.41, 5.74) is 1.97. The smallest absolute Gasteiger partial charge is 0.222 e. The van der Waals surface area contributed by atoms with Crippen LogP contribution < -0.4 is 14.8 Å². The zero-order valence-corrected chi connectivity index (χ0v) is 18.1. The first kappa shape index (κ1) is 21.8. The summed E-state index contributed by atoms with van der Waals surface area (Å²) >= 11 is 12.5. The zero-order chi connectivity index (χ0) is 20.6. The second-order valence-electron chi connectivity index (χ2n) is 7.04. The van der Waals surface area contributed by atoms with Gasteiger partial charge in [0.1, 0.15) is 6.61 Å². The van der Waals surface area contributed by atoms with Gasteiger partial charge in [0.15, 0.2) is 11.5 Å². The fraction of sp³-hybridized carbons (Fsp3) is 0.409. The lowest BCUT2D eigenvalue weighted by molar-refractivity contribution is -0.127. The molecule has 2 aromatic carbocycles. The summed E-state index contributed by atoms with van der Waals surface area (Å²) < 4.78 is 11.4. The van der Waals surface area contributed by atoms with Gasteiger partial charge < -0.3 is 19.7 Å². The van der Waals surface area contributed by atoms with Crippen LogP contribution in [0.3, 0.4) is 0 Å². The van der Waals surface area contributed by atoms with E-state index in [4.69, 9.17) is 32.7 Å². The molecule has 1 heterocycles. The van der Waals surface area contributed by atoms with Crippen molar-refractivity contribution < 1.29 is 14.3 Å². The minimum absolute atomic E-state index is 0.273. The molecular weight excluding hydrogens is 411 g/mol. The van der Waals surface area contributed by atoms with Crippen molar-refractivity contribution in [2.75, 3.05) is 26.7 Å². The van der Waals surface area contributed by atoms with Gasteiger partial charge in [-0.25, -0.2) is 0 Å². The second kappa shape index (κ2) is 10.7. The van der Waals surface area contributed by atoms with Crippen LogP contribution >= 0.6 is 23.2 Å². The summed E-state index contributed by atoms with van der Waals surface area (Å²) in [6, 6.07) is 11.3. The Morgan fingerprint density at radius 3 is 2.76 bits per heavy atom. The van der Waals surface area contributed by atoms with E-state index in [1.165, 1.54) is 0 Å². The lowest BCUT2D eigenvalue weighted by atomic mass is 10.2. The van der Waals surface area contributed by atoms with Gasteiger partial charge in [-0.3, -0.25) is 4.79 Å². The molecule has 0 aromatic heterocycles. The largest absolute Gasteiger partial charge is 0.493 e. The molecule has 0 spiro atoms. The van der Waals surface area contributed by atoms with Crippen LogP contribution in [0.15, 0.2) is 36.4 Å². The van der Waals surface area contributed by atoms with Gasteiger partial charge in [-0.2, -0.15) is 0 Å². The Morgan fingerprint density at radius 1 is 1.17 bits per heavy atom. The fourth-order valence-corrected chi connectivity index (χ4v) is 3.87. The number of nitrogens with zero attached hydrogens (tertiary/aromatic N) is 1. The Morgan fingerprint density at radius 2 is 2.03 bits per heavy atom. The number of rotatable bonds is 10. The molecule has 5 nitrogen and oxygen atoms in total. The zero-order valence-electron chi connectivity index (χ0n) is 16.5. The molecule has 2 aromatic rings. The van der Waals surface area contributed by atoms with Crippen LogP contribution in [0.2, 0.25) is 10.0 Å². The van der Waals surface area contributed by atoms with Crippen molar-refractivity contribution >= 4 is 29.1 Å². The maximum atomic E-state index is 11.6. The number of ether oxygens (including phenoxy) is 2. The van der Waals surface area contributed by atoms with Crippen LogP contribution in [0.5, 0.6) is 11.5 Å². The first-order valence-electron chi connectivity index (χ1n) is 9.79. The number of likely N-dealkylation sites (tertiary alicyclic amines) is 1. The minimum atomic E-state index is 0.273. The molecule has 1 aliphatic rings. The number of carbonyl (C=O) groups is 1. The molecule has 0 unspecified atom stereocenters. The number of hydrogen-bond acceptors (Lipinski definition) is 4. The fourth-order valence-electron chi connectivity index (χ4n) is 3.37. The predicted molar refractivity (Wildman–Crippen MR) is 116 cm³/mol. The quantitative estimate of drug-likeness (QED) is 0.549. The normalized spacial score (nSPS) is 13.8. The molecule has 3 rings (SSSR count). The summed E-state index contributed by atoms with van der Waals surface area (Å²) in [5.74, 6) is 1.39. The van der Waals surface area contributed by atoms with E-state index < -0.39 is 0 Å². The van der Waals surface area contributed by atoms with Gasteiger partial charge in [0.05, 0.1) is 12.1 Å². The van der Waals surface area contributed by atoms with Crippen LogP contribution in [0.1, 0.15) is 30.4 Å².